The van der Waals surface area contributed by atoms with Crippen molar-refractivity contribution in [3.05, 3.63) is 50.6 Å². The quantitative estimate of drug-likeness (QED) is 0.832. The Balaban J connectivity index is 1.82. The van der Waals surface area contributed by atoms with Crippen molar-refractivity contribution < 1.29 is 4.79 Å². The predicted octanol–water partition coefficient (Wildman–Crippen LogP) is 4.14. The maximum atomic E-state index is 12.0. The second kappa shape index (κ2) is 7.73. The van der Waals surface area contributed by atoms with E-state index in [9.17, 15) is 4.79 Å². The number of nitrogens with zero attached hydrogens (tertiary/aromatic N) is 1. The third kappa shape index (κ3) is 5.26. The van der Waals surface area contributed by atoms with Crippen LogP contribution >= 0.6 is 27.3 Å². The maximum absolute atomic E-state index is 12.0. The molecule has 0 aliphatic carbocycles. The van der Waals surface area contributed by atoms with Gasteiger partial charge in [0.05, 0.1) is 6.54 Å². The Bertz CT molecular complexity index is 595. The predicted molar refractivity (Wildman–Crippen MR) is 92.8 cm³/mol. The van der Waals surface area contributed by atoms with E-state index in [1.54, 1.807) is 11.3 Å². The Hall–Kier alpha value is -1.17. The highest BCUT2D eigenvalue weighted by Gasteiger charge is 2.08. The van der Waals surface area contributed by atoms with E-state index in [1.165, 1.54) is 10.4 Å². The van der Waals surface area contributed by atoms with Gasteiger partial charge < -0.3 is 5.32 Å². The summed E-state index contributed by atoms with van der Waals surface area (Å²) in [6.07, 6.45) is 1.01. The molecule has 3 nitrogen and oxygen atoms in total. The van der Waals surface area contributed by atoms with Crippen LogP contribution < -0.4 is 5.32 Å². The number of benzene rings is 1. The van der Waals surface area contributed by atoms with Crippen LogP contribution in [0.3, 0.4) is 0 Å². The van der Waals surface area contributed by atoms with Crippen molar-refractivity contribution >= 4 is 38.9 Å². The van der Waals surface area contributed by atoms with Crippen molar-refractivity contribution in [2.75, 3.05) is 18.9 Å². The third-order valence-electron chi connectivity index (χ3n) is 3.11. The van der Waals surface area contributed by atoms with Gasteiger partial charge in [-0.25, -0.2) is 0 Å². The lowest BCUT2D eigenvalue weighted by molar-refractivity contribution is -0.117. The van der Waals surface area contributed by atoms with Crippen LogP contribution in [0.25, 0.3) is 0 Å². The van der Waals surface area contributed by atoms with Gasteiger partial charge in [0.25, 0.3) is 0 Å². The number of nitrogens with one attached hydrogen (secondary N) is 1. The van der Waals surface area contributed by atoms with E-state index in [1.807, 2.05) is 36.2 Å². The molecule has 0 aliphatic rings. The summed E-state index contributed by atoms with van der Waals surface area (Å²) >= 11 is 5.13. The molecule has 0 bridgehead atoms. The molecular formula is C16H19BrN2OS. The lowest BCUT2D eigenvalue weighted by Crippen LogP contribution is -2.29. The molecule has 0 fully saturated rings. The number of carbonyl (C=O) groups is 1. The van der Waals surface area contributed by atoms with E-state index in [0.29, 0.717) is 6.54 Å². The summed E-state index contributed by atoms with van der Waals surface area (Å²) in [5.41, 5.74) is 2.12. The van der Waals surface area contributed by atoms with Crippen molar-refractivity contribution in [2.45, 2.75) is 19.9 Å². The third-order valence-corrected chi connectivity index (χ3v) is 4.79. The van der Waals surface area contributed by atoms with Crippen LogP contribution in [0, 0.1) is 0 Å². The minimum absolute atomic E-state index is 0.0115. The van der Waals surface area contributed by atoms with Crippen molar-refractivity contribution in [3.63, 3.8) is 0 Å². The van der Waals surface area contributed by atoms with Gasteiger partial charge in [-0.1, -0.05) is 19.1 Å². The average molecular weight is 367 g/mol. The number of carbonyl (C=O) groups excluding carboxylic acids is 1. The average Bonchev–Trinajstić information content (AvgIpc) is 2.84. The summed E-state index contributed by atoms with van der Waals surface area (Å²) in [5, 5.41) is 4.98. The van der Waals surface area contributed by atoms with Gasteiger partial charge in [0.15, 0.2) is 0 Å². The van der Waals surface area contributed by atoms with Crippen LogP contribution in [0.2, 0.25) is 0 Å². The Kier molecular flexibility index (Phi) is 5.96. The van der Waals surface area contributed by atoms with Crippen LogP contribution in [0.15, 0.2) is 40.2 Å². The number of aryl methyl sites for hydroxylation is 1. The van der Waals surface area contributed by atoms with Gasteiger partial charge in [0, 0.05) is 27.0 Å². The van der Waals surface area contributed by atoms with Crippen molar-refractivity contribution in [1.82, 2.24) is 4.90 Å². The Morgan fingerprint density at radius 2 is 2.05 bits per heavy atom. The monoisotopic (exact) mass is 366 g/mol. The second-order valence-electron chi connectivity index (χ2n) is 5.00. The highest BCUT2D eigenvalue weighted by Crippen LogP contribution is 2.20. The van der Waals surface area contributed by atoms with E-state index in [0.717, 1.165) is 23.1 Å². The van der Waals surface area contributed by atoms with Crippen molar-refractivity contribution in [2.24, 2.45) is 0 Å². The molecule has 0 saturated carbocycles. The molecule has 2 aromatic rings. The molecule has 1 amide bonds. The standard InChI is InChI=1S/C16H19BrN2OS/c1-3-12-4-6-14(7-5-12)18-16(20)10-19(2)9-15-8-13(17)11-21-15/h4-8,11H,3,9-10H2,1-2H3,(H,18,20). The first-order valence-corrected chi connectivity index (χ1v) is 8.54. The van der Waals surface area contributed by atoms with Gasteiger partial charge in [0.2, 0.25) is 5.91 Å². The van der Waals surface area contributed by atoms with Gasteiger partial charge in [-0.15, -0.1) is 11.3 Å². The first-order chi connectivity index (χ1) is 10.1. The second-order valence-corrected chi connectivity index (χ2v) is 6.91. The zero-order valence-corrected chi connectivity index (χ0v) is 14.6. The molecule has 0 saturated heterocycles. The van der Waals surface area contributed by atoms with Crippen molar-refractivity contribution in [1.29, 1.82) is 0 Å². The Morgan fingerprint density at radius 1 is 1.33 bits per heavy atom. The van der Waals surface area contributed by atoms with Gasteiger partial charge in [-0.2, -0.15) is 0 Å². The maximum Gasteiger partial charge on any atom is 0.238 e. The molecule has 0 unspecified atom stereocenters. The molecule has 1 heterocycles. The number of rotatable bonds is 6. The van der Waals surface area contributed by atoms with Gasteiger partial charge >= 0.3 is 0 Å². The molecule has 112 valence electrons. The largest absolute Gasteiger partial charge is 0.325 e. The Morgan fingerprint density at radius 3 is 2.62 bits per heavy atom. The molecule has 0 radical (unpaired) electrons. The smallest absolute Gasteiger partial charge is 0.238 e. The van der Waals surface area contributed by atoms with Crippen LogP contribution in [0.5, 0.6) is 0 Å². The minimum atomic E-state index is 0.0115. The molecule has 1 aromatic heterocycles. The van der Waals surface area contributed by atoms with Gasteiger partial charge in [0.1, 0.15) is 0 Å². The van der Waals surface area contributed by atoms with Gasteiger partial charge in [-0.3, -0.25) is 9.69 Å². The summed E-state index contributed by atoms with van der Waals surface area (Å²) in [5.74, 6) is 0.0115. The number of thiophene rings is 1. The van der Waals surface area contributed by atoms with Gasteiger partial charge in [-0.05, 0) is 53.2 Å². The number of likely N-dealkylation sites (N-methyl/N-ethyl adjacent to an activating group) is 1. The topological polar surface area (TPSA) is 32.3 Å². The van der Waals surface area contributed by atoms with E-state index in [2.05, 4.69) is 39.6 Å². The molecular weight excluding hydrogens is 348 g/mol. The SMILES string of the molecule is CCc1ccc(NC(=O)CN(C)Cc2cc(Br)cs2)cc1. The normalized spacial score (nSPS) is 10.9. The van der Waals surface area contributed by atoms with Crippen LogP contribution in [-0.4, -0.2) is 24.4 Å². The first kappa shape index (κ1) is 16.2. The fourth-order valence-electron chi connectivity index (χ4n) is 2.03. The number of halogens is 1. The van der Waals surface area contributed by atoms with Crippen LogP contribution in [0.4, 0.5) is 5.69 Å². The lowest BCUT2D eigenvalue weighted by atomic mass is 10.1. The van der Waals surface area contributed by atoms with E-state index in [-0.39, 0.29) is 5.91 Å². The zero-order valence-electron chi connectivity index (χ0n) is 12.2. The van der Waals surface area contributed by atoms with Crippen LogP contribution in [-0.2, 0) is 17.8 Å². The zero-order chi connectivity index (χ0) is 15.2. The summed E-state index contributed by atoms with van der Waals surface area (Å²) in [6.45, 7) is 3.27. The molecule has 5 heteroatoms. The molecule has 1 N–H and O–H groups in total. The number of amides is 1. The molecule has 0 aliphatic heterocycles. The molecule has 2 rings (SSSR count). The lowest BCUT2D eigenvalue weighted by Gasteiger charge is -2.15. The first-order valence-electron chi connectivity index (χ1n) is 6.87. The van der Waals surface area contributed by atoms with E-state index >= 15 is 0 Å². The van der Waals surface area contributed by atoms with Crippen LogP contribution in [0.1, 0.15) is 17.4 Å². The fourth-order valence-corrected chi connectivity index (χ4v) is 3.56. The fraction of sp³-hybridized carbons (Fsp3) is 0.312. The highest BCUT2D eigenvalue weighted by molar-refractivity contribution is 9.10. The summed E-state index contributed by atoms with van der Waals surface area (Å²) in [7, 11) is 1.95. The summed E-state index contributed by atoms with van der Waals surface area (Å²) in [6, 6.07) is 10.1. The van der Waals surface area contributed by atoms with E-state index in [4.69, 9.17) is 0 Å². The molecule has 0 atom stereocenters. The Labute approximate surface area is 138 Å². The highest BCUT2D eigenvalue weighted by atomic mass is 79.9. The number of hydrogen-bond acceptors (Lipinski definition) is 3. The van der Waals surface area contributed by atoms with E-state index < -0.39 is 0 Å². The minimum Gasteiger partial charge on any atom is -0.325 e. The summed E-state index contributed by atoms with van der Waals surface area (Å²) < 4.78 is 1.09. The molecule has 1 aromatic carbocycles. The molecule has 21 heavy (non-hydrogen) atoms. The number of anilines is 1. The number of hydrogen-bond donors (Lipinski definition) is 1. The summed E-state index contributed by atoms with van der Waals surface area (Å²) in [4.78, 5) is 15.3. The van der Waals surface area contributed by atoms with Crippen molar-refractivity contribution in [3.8, 4) is 0 Å². The molecule has 0 spiro atoms.